The third kappa shape index (κ3) is 2.09. The zero-order valence-corrected chi connectivity index (χ0v) is 13.2. The second kappa shape index (κ2) is 5.23. The first kappa shape index (κ1) is 14.5. The van der Waals surface area contributed by atoms with Crippen molar-refractivity contribution in [3.8, 4) is 0 Å². The van der Waals surface area contributed by atoms with Gasteiger partial charge in [0, 0.05) is 0 Å². The number of benzene rings is 2. The maximum absolute atomic E-state index is 12.9. The molecule has 2 heterocycles. The number of rotatable bonds is 3. The first-order chi connectivity index (χ1) is 11.6. The van der Waals surface area contributed by atoms with Crippen LogP contribution in [0, 0.1) is 0 Å². The molecule has 120 valence electrons. The topological polar surface area (TPSA) is 62.6 Å². The number of nitrogens with one attached hydrogen (secondary N) is 1. The van der Waals surface area contributed by atoms with Gasteiger partial charge in [0.05, 0.1) is 12.8 Å². The molecule has 5 nitrogen and oxygen atoms in total. The quantitative estimate of drug-likeness (QED) is 0.752. The van der Waals surface area contributed by atoms with Crippen LogP contribution in [0.3, 0.4) is 0 Å². The number of fused-ring (bicyclic) bond motifs is 1. The summed E-state index contributed by atoms with van der Waals surface area (Å²) in [5.74, 6) is 0.122. The average Bonchev–Trinajstić information content (AvgIpc) is 3.20. The number of nitrogens with zero attached hydrogens (tertiary/aromatic N) is 1. The third-order valence-electron chi connectivity index (χ3n) is 4.50. The van der Waals surface area contributed by atoms with Crippen molar-refractivity contribution in [3.63, 3.8) is 0 Å². The van der Waals surface area contributed by atoms with Crippen molar-refractivity contribution in [2.45, 2.75) is 19.0 Å². The molecule has 1 atom stereocenters. The van der Waals surface area contributed by atoms with Gasteiger partial charge in [-0.15, -0.1) is 0 Å². The molecule has 3 aromatic rings. The number of hydrogen-bond donors (Lipinski definition) is 1. The van der Waals surface area contributed by atoms with Crippen LogP contribution in [0.4, 0.5) is 4.79 Å². The maximum atomic E-state index is 12.9. The van der Waals surface area contributed by atoms with Crippen molar-refractivity contribution in [3.05, 3.63) is 72.2 Å². The van der Waals surface area contributed by atoms with E-state index in [0.29, 0.717) is 5.76 Å². The summed E-state index contributed by atoms with van der Waals surface area (Å²) in [5.41, 5.74) is -0.231. The molecule has 0 aliphatic carbocycles. The smallest absolute Gasteiger partial charge is 0.325 e. The normalized spacial score (nSPS) is 20.6. The third-order valence-corrected chi connectivity index (χ3v) is 4.50. The minimum Gasteiger partial charge on any atom is -0.466 e. The van der Waals surface area contributed by atoms with Crippen LogP contribution in [-0.2, 0) is 16.9 Å². The summed E-state index contributed by atoms with van der Waals surface area (Å²) in [7, 11) is 0. The van der Waals surface area contributed by atoms with Crippen molar-refractivity contribution in [2.75, 3.05) is 0 Å². The predicted octanol–water partition coefficient (Wildman–Crippen LogP) is 3.40. The molecule has 2 aromatic carbocycles. The van der Waals surface area contributed by atoms with E-state index in [-0.39, 0.29) is 12.5 Å². The van der Waals surface area contributed by atoms with Crippen molar-refractivity contribution in [2.24, 2.45) is 0 Å². The van der Waals surface area contributed by atoms with Gasteiger partial charge in [0.1, 0.15) is 5.76 Å². The largest absolute Gasteiger partial charge is 0.466 e. The minimum absolute atomic E-state index is 0.225. The van der Waals surface area contributed by atoms with Gasteiger partial charge in [-0.25, -0.2) is 4.79 Å². The van der Waals surface area contributed by atoms with Gasteiger partial charge in [-0.2, -0.15) is 0 Å². The van der Waals surface area contributed by atoms with E-state index in [2.05, 4.69) is 5.32 Å². The highest BCUT2D eigenvalue weighted by molar-refractivity contribution is 6.07. The standard InChI is InChI=1S/C19H16N2O3/c1-19(16-10-5-11-24-16)17(22)21(18(23)20-19)12-14-8-4-7-13-6-2-3-9-15(13)14/h2-11H,12H2,1H3,(H,20,23)/t19-/m1/s1. The molecule has 1 aliphatic heterocycles. The lowest BCUT2D eigenvalue weighted by atomic mass is 9.99. The summed E-state index contributed by atoms with van der Waals surface area (Å²) in [6.45, 7) is 1.89. The van der Waals surface area contributed by atoms with Gasteiger partial charge >= 0.3 is 6.03 Å². The molecule has 3 amide bonds. The summed E-state index contributed by atoms with van der Waals surface area (Å²) in [6, 6.07) is 16.8. The van der Waals surface area contributed by atoms with Gasteiger partial charge in [0.25, 0.3) is 5.91 Å². The van der Waals surface area contributed by atoms with E-state index < -0.39 is 11.6 Å². The summed E-state index contributed by atoms with van der Waals surface area (Å²) >= 11 is 0. The number of amides is 3. The Bertz CT molecular complexity index is 927. The Kier molecular flexibility index (Phi) is 3.16. The summed E-state index contributed by atoms with van der Waals surface area (Å²) < 4.78 is 5.35. The fraction of sp³-hybridized carbons (Fsp3) is 0.158. The monoisotopic (exact) mass is 320 g/mol. The van der Waals surface area contributed by atoms with E-state index >= 15 is 0 Å². The van der Waals surface area contributed by atoms with Crippen LogP contribution in [0.25, 0.3) is 10.8 Å². The summed E-state index contributed by atoms with van der Waals surface area (Å²) in [4.78, 5) is 26.5. The molecule has 4 rings (SSSR count). The van der Waals surface area contributed by atoms with Gasteiger partial charge in [0.15, 0.2) is 5.54 Å². The van der Waals surface area contributed by atoms with E-state index in [9.17, 15) is 9.59 Å². The van der Waals surface area contributed by atoms with E-state index in [1.54, 1.807) is 19.1 Å². The number of carbonyl (C=O) groups is 2. The van der Waals surface area contributed by atoms with E-state index in [1.165, 1.54) is 11.2 Å². The van der Waals surface area contributed by atoms with Gasteiger partial charge < -0.3 is 9.73 Å². The molecular weight excluding hydrogens is 304 g/mol. The molecule has 0 spiro atoms. The van der Waals surface area contributed by atoms with Crippen LogP contribution in [0.2, 0.25) is 0 Å². The molecule has 0 saturated carbocycles. The first-order valence-corrected chi connectivity index (χ1v) is 7.74. The van der Waals surface area contributed by atoms with Crippen LogP contribution in [0.1, 0.15) is 18.2 Å². The number of hydrogen-bond acceptors (Lipinski definition) is 3. The summed E-state index contributed by atoms with van der Waals surface area (Å²) in [6.07, 6.45) is 1.49. The zero-order valence-electron chi connectivity index (χ0n) is 13.2. The zero-order chi connectivity index (χ0) is 16.7. The van der Waals surface area contributed by atoms with Gasteiger partial charge in [-0.1, -0.05) is 42.5 Å². The molecule has 5 heteroatoms. The lowest BCUT2D eigenvalue weighted by Gasteiger charge is -2.19. The molecule has 1 saturated heterocycles. The Balaban J connectivity index is 1.70. The van der Waals surface area contributed by atoms with Crippen LogP contribution in [0.5, 0.6) is 0 Å². The molecule has 24 heavy (non-hydrogen) atoms. The molecule has 1 aromatic heterocycles. The van der Waals surface area contributed by atoms with E-state index in [4.69, 9.17) is 4.42 Å². The fourth-order valence-corrected chi connectivity index (χ4v) is 3.17. The highest BCUT2D eigenvalue weighted by Gasteiger charge is 2.50. The maximum Gasteiger partial charge on any atom is 0.325 e. The van der Waals surface area contributed by atoms with Crippen LogP contribution >= 0.6 is 0 Å². The number of carbonyl (C=O) groups excluding carboxylic acids is 2. The van der Waals surface area contributed by atoms with Gasteiger partial charge in [-0.3, -0.25) is 9.69 Å². The minimum atomic E-state index is -1.16. The Labute approximate surface area is 138 Å². The molecular formula is C19H16N2O3. The molecule has 1 aliphatic rings. The number of imide groups is 1. The lowest BCUT2D eigenvalue weighted by Crippen LogP contribution is -2.40. The predicted molar refractivity (Wildman–Crippen MR) is 89.1 cm³/mol. The molecule has 0 bridgehead atoms. The van der Waals surface area contributed by atoms with E-state index in [1.807, 2.05) is 42.5 Å². The van der Waals surface area contributed by atoms with E-state index in [0.717, 1.165) is 16.3 Å². The average molecular weight is 320 g/mol. The highest BCUT2D eigenvalue weighted by Crippen LogP contribution is 2.31. The molecule has 1 N–H and O–H groups in total. The highest BCUT2D eigenvalue weighted by atomic mass is 16.3. The van der Waals surface area contributed by atoms with Gasteiger partial charge in [-0.05, 0) is 35.4 Å². The van der Waals surface area contributed by atoms with Crippen molar-refractivity contribution in [1.82, 2.24) is 10.2 Å². The molecule has 0 radical (unpaired) electrons. The second-order valence-electron chi connectivity index (χ2n) is 6.06. The van der Waals surface area contributed by atoms with Crippen LogP contribution in [-0.4, -0.2) is 16.8 Å². The van der Waals surface area contributed by atoms with Crippen LogP contribution in [0.15, 0.2) is 65.3 Å². The Morgan fingerprint density at radius 2 is 1.83 bits per heavy atom. The molecule has 0 unspecified atom stereocenters. The van der Waals surface area contributed by atoms with Crippen molar-refractivity contribution >= 4 is 22.7 Å². The number of furan rings is 1. The fourth-order valence-electron chi connectivity index (χ4n) is 3.17. The Morgan fingerprint density at radius 1 is 1.04 bits per heavy atom. The number of urea groups is 1. The second-order valence-corrected chi connectivity index (χ2v) is 6.06. The lowest BCUT2D eigenvalue weighted by molar-refractivity contribution is -0.132. The molecule has 1 fully saturated rings. The SMILES string of the molecule is C[C@]1(c2ccco2)NC(=O)N(Cc2cccc3ccccc23)C1=O. The first-order valence-electron chi connectivity index (χ1n) is 7.74. The Hall–Kier alpha value is -3.08. The van der Waals surface area contributed by atoms with Gasteiger partial charge in [0.2, 0.25) is 0 Å². The summed E-state index contributed by atoms with van der Waals surface area (Å²) in [5, 5.41) is 4.86. The van der Waals surface area contributed by atoms with Crippen LogP contribution < -0.4 is 5.32 Å². The van der Waals surface area contributed by atoms with Crippen molar-refractivity contribution < 1.29 is 14.0 Å². The van der Waals surface area contributed by atoms with Crippen molar-refractivity contribution in [1.29, 1.82) is 0 Å². The Morgan fingerprint density at radius 3 is 2.62 bits per heavy atom.